The van der Waals surface area contributed by atoms with Crippen LogP contribution < -0.4 is 10.6 Å². The van der Waals surface area contributed by atoms with Gasteiger partial charge in [0.15, 0.2) is 6.61 Å². The Morgan fingerprint density at radius 1 is 1.57 bits per heavy atom. The number of carbonyl (C=O) groups is 2. The van der Waals surface area contributed by atoms with Gasteiger partial charge in [0.2, 0.25) is 5.91 Å². The van der Waals surface area contributed by atoms with Crippen molar-refractivity contribution >= 4 is 11.8 Å². The van der Waals surface area contributed by atoms with Gasteiger partial charge in [-0.25, -0.2) is 0 Å². The number of hydrogen-bond acceptors (Lipinski definition) is 3. The molecule has 0 aliphatic heterocycles. The van der Waals surface area contributed by atoms with Crippen molar-refractivity contribution in [3.05, 3.63) is 12.8 Å². The Morgan fingerprint density at radius 3 is 2.64 bits per heavy atom. The summed E-state index contributed by atoms with van der Waals surface area (Å²) in [5.74, 6) is -0.542. The standard InChI is InChI=1S/C9H16N2O3/c1-4-7(9(13)10-3)11-8(12)6-14-5-2/h5,7H,2,4,6H2,1,3H3,(H,10,13)(H,11,12)/t7-/m0/s1. The van der Waals surface area contributed by atoms with Crippen LogP contribution in [-0.4, -0.2) is 31.5 Å². The summed E-state index contributed by atoms with van der Waals surface area (Å²) in [5, 5.41) is 4.99. The minimum atomic E-state index is -0.499. The molecule has 14 heavy (non-hydrogen) atoms. The van der Waals surface area contributed by atoms with Crippen LogP contribution in [0.4, 0.5) is 0 Å². The predicted molar refractivity (Wildman–Crippen MR) is 52.4 cm³/mol. The maximum absolute atomic E-state index is 11.2. The van der Waals surface area contributed by atoms with Crippen LogP contribution in [0, 0.1) is 0 Å². The second-order valence-electron chi connectivity index (χ2n) is 2.62. The van der Waals surface area contributed by atoms with E-state index < -0.39 is 6.04 Å². The average molecular weight is 200 g/mol. The Balaban J connectivity index is 3.98. The maximum Gasteiger partial charge on any atom is 0.258 e. The van der Waals surface area contributed by atoms with Gasteiger partial charge in [0.1, 0.15) is 6.04 Å². The third-order valence-electron chi connectivity index (χ3n) is 1.64. The lowest BCUT2D eigenvalue weighted by atomic mass is 10.2. The highest BCUT2D eigenvalue weighted by molar-refractivity contribution is 5.87. The van der Waals surface area contributed by atoms with E-state index in [0.717, 1.165) is 0 Å². The number of likely N-dealkylation sites (N-methyl/N-ethyl adjacent to an activating group) is 1. The number of amides is 2. The normalized spacial score (nSPS) is 11.3. The number of ether oxygens (including phenoxy) is 1. The molecule has 0 rings (SSSR count). The van der Waals surface area contributed by atoms with Crippen molar-refractivity contribution in [2.24, 2.45) is 0 Å². The third-order valence-corrected chi connectivity index (χ3v) is 1.64. The van der Waals surface area contributed by atoms with Crippen molar-refractivity contribution in [1.29, 1.82) is 0 Å². The lowest BCUT2D eigenvalue weighted by Crippen LogP contribution is -2.46. The fraction of sp³-hybridized carbons (Fsp3) is 0.556. The van der Waals surface area contributed by atoms with E-state index >= 15 is 0 Å². The van der Waals surface area contributed by atoms with Crippen LogP contribution in [0.1, 0.15) is 13.3 Å². The summed E-state index contributed by atoms with van der Waals surface area (Å²) >= 11 is 0. The molecule has 0 unspecified atom stereocenters. The highest BCUT2D eigenvalue weighted by Gasteiger charge is 2.16. The van der Waals surface area contributed by atoms with E-state index in [1.807, 2.05) is 6.92 Å². The second kappa shape index (κ2) is 6.94. The molecule has 0 aromatic rings. The van der Waals surface area contributed by atoms with Crippen LogP contribution in [0.25, 0.3) is 0 Å². The number of carbonyl (C=O) groups excluding carboxylic acids is 2. The molecule has 0 aliphatic rings. The molecule has 0 radical (unpaired) electrons. The molecule has 0 bridgehead atoms. The predicted octanol–water partition coefficient (Wildman–Crippen LogP) is -0.213. The Hall–Kier alpha value is -1.52. The van der Waals surface area contributed by atoms with Crippen molar-refractivity contribution in [3.8, 4) is 0 Å². The summed E-state index contributed by atoms with van der Waals surface area (Å²) in [6, 6.07) is -0.499. The highest BCUT2D eigenvalue weighted by atomic mass is 16.5. The minimum absolute atomic E-state index is 0.114. The quantitative estimate of drug-likeness (QED) is 0.583. The average Bonchev–Trinajstić information content (AvgIpc) is 2.21. The van der Waals surface area contributed by atoms with Crippen LogP contribution in [0.5, 0.6) is 0 Å². The number of nitrogens with one attached hydrogen (secondary N) is 2. The van der Waals surface area contributed by atoms with Gasteiger partial charge >= 0.3 is 0 Å². The molecule has 1 atom stereocenters. The Bertz CT molecular complexity index is 216. The van der Waals surface area contributed by atoms with Gasteiger partial charge in [-0.15, -0.1) is 0 Å². The van der Waals surface area contributed by atoms with Gasteiger partial charge in [0.05, 0.1) is 6.26 Å². The fourth-order valence-electron chi connectivity index (χ4n) is 0.898. The van der Waals surface area contributed by atoms with Crippen LogP contribution in [0.3, 0.4) is 0 Å². The molecule has 0 spiro atoms. The zero-order chi connectivity index (χ0) is 11.0. The molecule has 0 heterocycles. The molecule has 0 saturated heterocycles. The molecule has 2 amide bonds. The Labute approximate surface area is 83.5 Å². The van der Waals surface area contributed by atoms with E-state index in [4.69, 9.17) is 0 Å². The lowest BCUT2D eigenvalue weighted by molar-refractivity contribution is -0.130. The van der Waals surface area contributed by atoms with Crippen LogP contribution in [-0.2, 0) is 14.3 Å². The van der Waals surface area contributed by atoms with Gasteiger partial charge in [-0.3, -0.25) is 9.59 Å². The fourth-order valence-corrected chi connectivity index (χ4v) is 0.898. The third kappa shape index (κ3) is 4.49. The SMILES string of the molecule is C=COCC(=O)N[C@@H](CC)C(=O)NC. The van der Waals surface area contributed by atoms with Crippen LogP contribution in [0.2, 0.25) is 0 Å². The second-order valence-corrected chi connectivity index (χ2v) is 2.62. The van der Waals surface area contributed by atoms with Crippen molar-refractivity contribution < 1.29 is 14.3 Å². The first-order chi connectivity index (χ1) is 6.65. The van der Waals surface area contributed by atoms with Crippen molar-refractivity contribution in [2.75, 3.05) is 13.7 Å². The molecule has 0 aromatic carbocycles. The first-order valence-corrected chi connectivity index (χ1v) is 4.39. The summed E-state index contributed by atoms with van der Waals surface area (Å²) < 4.78 is 4.67. The Kier molecular flexibility index (Phi) is 6.19. The van der Waals surface area contributed by atoms with Gasteiger partial charge < -0.3 is 15.4 Å². The summed E-state index contributed by atoms with van der Waals surface area (Å²) in [6.07, 6.45) is 1.72. The molecule has 0 saturated carbocycles. The van der Waals surface area contributed by atoms with E-state index in [-0.39, 0.29) is 18.4 Å². The van der Waals surface area contributed by atoms with Crippen molar-refractivity contribution in [3.63, 3.8) is 0 Å². The topological polar surface area (TPSA) is 67.4 Å². The van der Waals surface area contributed by atoms with E-state index in [2.05, 4.69) is 21.9 Å². The van der Waals surface area contributed by atoms with Crippen LogP contribution in [0.15, 0.2) is 12.8 Å². The molecular weight excluding hydrogens is 184 g/mol. The molecule has 0 aromatic heterocycles. The molecule has 5 nitrogen and oxygen atoms in total. The first-order valence-electron chi connectivity index (χ1n) is 4.39. The zero-order valence-corrected chi connectivity index (χ0v) is 8.50. The van der Waals surface area contributed by atoms with E-state index in [1.165, 1.54) is 13.3 Å². The molecular formula is C9H16N2O3. The Morgan fingerprint density at radius 2 is 2.21 bits per heavy atom. The molecule has 2 N–H and O–H groups in total. The smallest absolute Gasteiger partial charge is 0.258 e. The van der Waals surface area contributed by atoms with E-state index in [0.29, 0.717) is 6.42 Å². The molecule has 0 fully saturated rings. The summed E-state index contributed by atoms with van der Waals surface area (Å²) in [4.78, 5) is 22.3. The van der Waals surface area contributed by atoms with Gasteiger partial charge in [0.25, 0.3) is 5.91 Å². The molecule has 80 valence electrons. The van der Waals surface area contributed by atoms with Gasteiger partial charge in [-0.1, -0.05) is 13.5 Å². The van der Waals surface area contributed by atoms with Gasteiger partial charge in [-0.2, -0.15) is 0 Å². The minimum Gasteiger partial charge on any atom is -0.492 e. The van der Waals surface area contributed by atoms with Gasteiger partial charge in [-0.05, 0) is 6.42 Å². The summed E-state index contributed by atoms with van der Waals surface area (Å²) in [5.41, 5.74) is 0. The maximum atomic E-state index is 11.2. The van der Waals surface area contributed by atoms with Crippen molar-refractivity contribution in [2.45, 2.75) is 19.4 Å². The van der Waals surface area contributed by atoms with E-state index in [1.54, 1.807) is 0 Å². The number of hydrogen-bond donors (Lipinski definition) is 2. The highest BCUT2D eigenvalue weighted by Crippen LogP contribution is 1.90. The van der Waals surface area contributed by atoms with E-state index in [9.17, 15) is 9.59 Å². The van der Waals surface area contributed by atoms with Crippen LogP contribution >= 0.6 is 0 Å². The largest absolute Gasteiger partial charge is 0.492 e. The monoisotopic (exact) mass is 200 g/mol. The number of rotatable bonds is 6. The summed E-state index contributed by atoms with van der Waals surface area (Å²) in [7, 11) is 1.53. The molecule has 5 heteroatoms. The first kappa shape index (κ1) is 12.5. The van der Waals surface area contributed by atoms with Gasteiger partial charge in [0, 0.05) is 7.05 Å². The molecule has 0 aliphatic carbocycles. The lowest BCUT2D eigenvalue weighted by Gasteiger charge is -2.14. The van der Waals surface area contributed by atoms with Crippen molar-refractivity contribution in [1.82, 2.24) is 10.6 Å². The zero-order valence-electron chi connectivity index (χ0n) is 8.50. The summed E-state index contributed by atoms with van der Waals surface area (Å²) in [6.45, 7) is 5.00.